The van der Waals surface area contributed by atoms with Crippen LogP contribution in [0.25, 0.3) is 274 Å². The minimum absolute atomic E-state index is 0.624. The summed E-state index contributed by atoms with van der Waals surface area (Å²) in [6.45, 7) is 0. The van der Waals surface area contributed by atoms with Crippen LogP contribution >= 0.6 is 22.7 Å². The number of rotatable bonds is 13. The van der Waals surface area contributed by atoms with E-state index in [4.69, 9.17) is 54.3 Å². The van der Waals surface area contributed by atoms with Crippen LogP contribution in [0.15, 0.2) is 478 Å². The molecule has 0 bridgehead atoms. The van der Waals surface area contributed by atoms with Gasteiger partial charge >= 0.3 is 0 Å². The molecule has 0 saturated heterocycles. The van der Waals surface area contributed by atoms with Crippen molar-refractivity contribution >= 4 is 151 Å². The van der Waals surface area contributed by atoms with Gasteiger partial charge in [-0.1, -0.05) is 394 Å². The van der Waals surface area contributed by atoms with Gasteiger partial charge < -0.3 is 4.42 Å². The molecule has 28 aromatic rings. The van der Waals surface area contributed by atoms with E-state index in [2.05, 4.69) is 394 Å². The molecule has 11 nitrogen and oxygen atoms in total. The van der Waals surface area contributed by atoms with Gasteiger partial charge in [-0.3, -0.25) is 0 Å². The van der Waals surface area contributed by atoms with E-state index in [1.807, 2.05) is 78.9 Å². The standard InChI is InChI=1S/C44H26N4S.C43H27N3S.C41H25N3O/c1-2-11-30(12-3-1)44-45-38-24-22-29-18-19-32-26-34(21-23-36(32)39(29)40(38)49-44)42-46-41(33-20-17-27-9-4-5-13-31(27)25-33)47-43(48-42)37-16-8-14-28-10-6-7-15-35(28)37;1-4-11-28(12-5-1)32-17-10-18-34(25-32)38-27-37(29-13-6-2-7-14-29)44-42(45-38)35-21-23-36-33(26-35)20-19-30-22-24-39-41(40(30)36)46-43(47-39)31-15-8-3-9-16-31;1-3-10-27(11-4-1)36-25-37(32-18-15-26-9-7-8-14-30(26)23-32)43-40(42-36)33-19-21-34-31(24-33)17-16-28-20-22-35-39(38(28)34)45-41(44-35)29-12-5-2-6-13-29/h1-26H;1-27H;1-25H. The minimum Gasteiger partial charge on any atom is -0.435 e. The van der Waals surface area contributed by atoms with Crippen LogP contribution in [0.4, 0.5) is 0 Å². The second kappa shape index (κ2) is 35.7. The van der Waals surface area contributed by atoms with Crippen molar-refractivity contribution in [3.05, 3.63) is 473 Å². The van der Waals surface area contributed by atoms with Gasteiger partial charge in [0, 0.05) is 82.9 Å². The van der Waals surface area contributed by atoms with Gasteiger partial charge in [0.25, 0.3) is 0 Å². The minimum atomic E-state index is 0.624. The maximum atomic E-state index is 6.41. The van der Waals surface area contributed by atoms with Crippen molar-refractivity contribution in [2.24, 2.45) is 0 Å². The van der Waals surface area contributed by atoms with Crippen molar-refractivity contribution in [3.63, 3.8) is 0 Å². The molecule has 0 fully saturated rings. The number of benzene rings is 22. The molecule has 0 radical (unpaired) electrons. The summed E-state index contributed by atoms with van der Waals surface area (Å²) in [5, 5.41) is 22.8. The van der Waals surface area contributed by atoms with Crippen LogP contribution in [0.1, 0.15) is 0 Å². The zero-order valence-corrected chi connectivity index (χ0v) is 77.4. The third-order valence-electron chi connectivity index (χ3n) is 26.5. The van der Waals surface area contributed by atoms with E-state index in [1.165, 1.54) is 63.4 Å². The van der Waals surface area contributed by atoms with Gasteiger partial charge in [-0.2, -0.15) is 0 Å². The van der Waals surface area contributed by atoms with Crippen molar-refractivity contribution in [1.82, 2.24) is 49.8 Å². The van der Waals surface area contributed by atoms with Crippen LogP contribution in [0, 0.1) is 0 Å². The summed E-state index contributed by atoms with van der Waals surface area (Å²) in [7, 11) is 0. The lowest BCUT2D eigenvalue weighted by atomic mass is 9.98. The molecule has 0 spiro atoms. The van der Waals surface area contributed by atoms with Gasteiger partial charge in [-0.15, -0.1) is 22.7 Å². The quantitative estimate of drug-likeness (QED) is 0.102. The SMILES string of the molecule is c1ccc(-c2cc(-c3ccc4ccccc4c3)nc(-c3ccc4c(ccc5ccc6nc(-c7ccccc7)oc6c54)c3)n2)cc1.c1ccc(-c2cccc(-c3cc(-c4ccccc4)nc(-c4ccc5c(ccc6ccc7sc(-c8ccccc8)nc7c65)c4)n3)c2)cc1.c1ccc(-c2nc3ccc4ccc5cc(-c6nc(-c7ccc8ccccc8c7)nc(-c7cccc8ccccc78)n6)ccc5c4c3s2)cc1. The Morgan fingerprint density at radius 3 is 1.12 bits per heavy atom. The number of oxazole rings is 1. The molecular formula is C128H78N10OS2. The zero-order chi connectivity index (χ0) is 93.2. The van der Waals surface area contributed by atoms with Gasteiger partial charge in [-0.25, -0.2) is 49.8 Å². The summed E-state index contributed by atoms with van der Waals surface area (Å²) in [5.74, 6) is 3.96. The van der Waals surface area contributed by atoms with Crippen LogP contribution < -0.4 is 0 Å². The average Bonchev–Trinajstić information content (AvgIpc) is 1.68. The van der Waals surface area contributed by atoms with Gasteiger partial charge in [0.2, 0.25) is 5.89 Å². The third kappa shape index (κ3) is 16.0. The molecule has 141 heavy (non-hydrogen) atoms. The van der Waals surface area contributed by atoms with Crippen LogP contribution in [-0.4, -0.2) is 49.8 Å². The maximum Gasteiger partial charge on any atom is 0.227 e. The first-order chi connectivity index (χ1) is 69.8. The summed E-state index contributed by atoms with van der Waals surface area (Å²) in [6, 6.07) is 165. The van der Waals surface area contributed by atoms with Crippen molar-refractivity contribution in [2.45, 2.75) is 0 Å². The molecule has 658 valence electrons. The highest BCUT2D eigenvalue weighted by Crippen LogP contribution is 2.45. The highest BCUT2D eigenvalue weighted by Gasteiger charge is 2.23. The molecule has 0 N–H and O–H groups in total. The summed E-state index contributed by atoms with van der Waals surface area (Å²) in [5.41, 5.74) is 21.9. The fourth-order valence-corrected chi connectivity index (χ4v) is 21.6. The lowest BCUT2D eigenvalue weighted by Gasteiger charge is -2.12. The van der Waals surface area contributed by atoms with E-state index >= 15 is 0 Å². The van der Waals surface area contributed by atoms with Gasteiger partial charge in [0.1, 0.15) is 15.5 Å². The van der Waals surface area contributed by atoms with Crippen LogP contribution in [0.2, 0.25) is 0 Å². The highest BCUT2D eigenvalue weighted by molar-refractivity contribution is 7.23. The number of thiazole rings is 2. The normalized spacial score (nSPS) is 11.5. The lowest BCUT2D eigenvalue weighted by Crippen LogP contribution is -2.00. The molecule has 0 aliphatic heterocycles. The Morgan fingerprint density at radius 1 is 0.177 bits per heavy atom. The molecule has 0 saturated carbocycles. The van der Waals surface area contributed by atoms with Crippen molar-refractivity contribution in [3.8, 4) is 146 Å². The van der Waals surface area contributed by atoms with Gasteiger partial charge in [0.05, 0.1) is 43.2 Å². The Hall–Kier alpha value is -18.4. The number of fused-ring (bicyclic) bond motifs is 18. The summed E-state index contributed by atoms with van der Waals surface area (Å²) in [6.07, 6.45) is 0. The van der Waals surface area contributed by atoms with E-state index in [0.717, 1.165) is 176 Å². The molecule has 0 amide bonds. The van der Waals surface area contributed by atoms with Crippen molar-refractivity contribution in [2.75, 3.05) is 0 Å². The monoisotopic (exact) mass is 1830 g/mol. The summed E-state index contributed by atoms with van der Waals surface area (Å²) < 4.78 is 8.80. The average molecular weight is 1840 g/mol. The van der Waals surface area contributed by atoms with E-state index in [-0.39, 0.29) is 0 Å². The molecule has 13 heteroatoms. The number of hydrogen-bond donors (Lipinski definition) is 0. The Bertz CT molecular complexity index is 9760. The second-order valence-corrected chi connectivity index (χ2v) is 37.3. The number of nitrogens with zero attached hydrogens (tertiary/aromatic N) is 10. The number of aromatic nitrogens is 10. The lowest BCUT2D eigenvalue weighted by molar-refractivity contribution is 0.623. The zero-order valence-electron chi connectivity index (χ0n) is 75.7. The Balaban J connectivity index is 0.000000109. The first-order valence-corrected chi connectivity index (χ1v) is 48.7. The third-order valence-corrected chi connectivity index (χ3v) is 28.7. The molecule has 28 rings (SSSR count). The Labute approximate surface area is 818 Å². The fraction of sp³-hybridized carbons (Fsp3) is 0. The second-order valence-electron chi connectivity index (χ2n) is 35.3. The highest BCUT2D eigenvalue weighted by atomic mass is 32.1. The topological polar surface area (TPSA) is 142 Å². The molecule has 22 aromatic carbocycles. The molecule has 6 aromatic heterocycles. The van der Waals surface area contributed by atoms with E-state index < -0.39 is 0 Å². The smallest absolute Gasteiger partial charge is 0.227 e. The molecule has 0 unspecified atom stereocenters. The first kappa shape index (κ1) is 83.2. The summed E-state index contributed by atoms with van der Waals surface area (Å²) >= 11 is 3.49. The predicted octanol–water partition coefficient (Wildman–Crippen LogP) is 34.2. The van der Waals surface area contributed by atoms with Gasteiger partial charge in [0.15, 0.2) is 34.7 Å². The molecule has 6 heterocycles. The van der Waals surface area contributed by atoms with Gasteiger partial charge in [-0.05, 0) is 171 Å². The Morgan fingerprint density at radius 2 is 0.546 bits per heavy atom. The van der Waals surface area contributed by atoms with Crippen molar-refractivity contribution < 1.29 is 4.42 Å². The summed E-state index contributed by atoms with van der Waals surface area (Å²) in [4.78, 5) is 50.8. The molecule has 0 aliphatic carbocycles. The Kier molecular flexibility index (Phi) is 21.1. The van der Waals surface area contributed by atoms with Crippen LogP contribution in [0.5, 0.6) is 0 Å². The van der Waals surface area contributed by atoms with Crippen molar-refractivity contribution in [1.29, 1.82) is 0 Å². The van der Waals surface area contributed by atoms with E-state index in [0.29, 0.717) is 35.0 Å². The first-order valence-electron chi connectivity index (χ1n) is 47.0. The van der Waals surface area contributed by atoms with E-state index in [1.54, 1.807) is 22.7 Å². The fourth-order valence-electron chi connectivity index (χ4n) is 19.4. The molecular weight excluding hydrogens is 1760 g/mol. The largest absolute Gasteiger partial charge is 0.435 e. The maximum absolute atomic E-state index is 6.41. The molecule has 0 aliphatic rings. The van der Waals surface area contributed by atoms with E-state index in [9.17, 15) is 0 Å². The predicted molar refractivity (Wildman–Crippen MR) is 586 cm³/mol. The van der Waals surface area contributed by atoms with Crippen LogP contribution in [-0.2, 0) is 0 Å². The van der Waals surface area contributed by atoms with Crippen LogP contribution in [0.3, 0.4) is 0 Å². The number of hydrogen-bond acceptors (Lipinski definition) is 13. The molecule has 0 atom stereocenters.